The van der Waals surface area contributed by atoms with Crippen LogP contribution in [0, 0.1) is 22.7 Å². The molecule has 0 saturated carbocycles. The van der Waals surface area contributed by atoms with Gasteiger partial charge in [0.1, 0.15) is 12.1 Å². The highest BCUT2D eigenvalue weighted by Gasteiger charge is 2.25. The number of ether oxygens (including phenoxy) is 2. The van der Waals surface area contributed by atoms with Gasteiger partial charge in [0.05, 0.1) is 24.5 Å². The summed E-state index contributed by atoms with van der Waals surface area (Å²) in [4.78, 5) is 24.4. The Morgan fingerprint density at radius 2 is 1.67 bits per heavy atom. The maximum absolute atomic E-state index is 12.3. The molecule has 7 nitrogen and oxygen atoms in total. The summed E-state index contributed by atoms with van der Waals surface area (Å²) < 4.78 is 9.78. The summed E-state index contributed by atoms with van der Waals surface area (Å²) in [6.45, 7) is 3.28. The lowest BCUT2D eigenvalue weighted by Crippen LogP contribution is -2.21. The lowest BCUT2D eigenvalue weighted by Gasteiger charge is -2.14. The number of nitrogens with one attached hydrogen (secondary N) is 1. The first-order chi connectivity index (χ1) is 13.1. The zero-order chi connectivity index (χ0) is 19.8. The van der Waals surface area contributed by atoms with Crippen LogP contribution in [-0.2, 0) is 19.1 Å². The summed E-state index contributed by atoms with van der Waals surface area (Å²) in [6.07, 6.45) is 0. The molecule has 0 amide bonds. The molecule has 0 bridgehead atoms. The number of hydrogen-bond acceptors (Lipinski definition) is 7. The molecular formula is C20H17N3O4. The Bertz CT molecular complexity index is 996. The molecular weight excluding hydrogens is 346 g/mol. The van der Waals surface area contributed by atoms with Gasteiger partial charge < -0.3 is 14.8 Å². The van der Waals surface area contributed by atoms with Crippen molar-refractivity contribution in [2.24, 2.45) is 0 Å². The summed E-state index contributed by atoms with van der Waals surface area (Å²) >= 11 is 0. The van der Waals surface area contributed by atoms with Gasteiger partial charge in [0, 0.05) is 5.39 Å². The number of nitriles is 2. The molecule has 0 spiro atoms. The van der Waals surface area contributed by atoms with Crippen LogP contribution < -0.4 is 5.32 Å². The highest BCUT2D eigenvalue weighted by atomic mass is 16.5. The fraction of sp³-hybridized carbons (Fsp3) is 0.200. The van der Waals surface area contributed by atoms with Crippen molar-refractivity contribution in [1.82, 2.24) is 0 Å². The van der Waals surface area contributed by atoms with Crippen LogP contribution in [0.1, 0.15) is 19.4 Å². The molecule has 0 aliphatic rings. The molecule has 0 aromatic heterocycles. The molecule has 2 aromatic rings. The molecule has 0 heterocycles. The highest BCUT2D eigenvalue weighted by Crippen LogP contribution is 2.27. The summed E-state index contributed by atoms with van der Waals surface area (Å²) in [6, 6.07) is 14.4. The number of esters is 2. The smallest absolute Gasteiger partial charge is 0.356 e. The standard InChI is InChI=1S/C20H17N3O4/c1-3-26-19(24)16(12-22)18(20(25)27-4-2)23-17-10-9-13-7-5-6-8-14(13)15(17)11-21/h5-10,23H,3-4H2,1-2H3/b18-16-. The molecule has 0 unspecified atom stereocenters. The second-order valence-electron chi connectivity index (χ2n) is 5.25. The van der Waals surface area contributed by atoms with Crippen LogP contribution in [0.2, 0.25) is 0 Å². The van der Waals surface area contributed by atoms with Gasteiger partial charge in [-0.1, -0.05) is 30.3 Å². The Hall–Kier alpha value is -3.84. The van der Waals surface area contributed by atoms with Crippen molar-refractivity contribution < 1.29 is 19.1 Å². The second-order valence-corrected chi connectivity index (χ2v) is 5.25. The largest absolute Gasteiger partial charge is 0.462 e. The molecule has 27 heavy (non-hydrogen) atoms. The number of fused-ring (bicyclic) bond motifs is 1. The van der Waals surface area contributed by atoms with Crippen LogP contribution >= 0.6 is 0 Å². The third-order valence-corrected chi connectivity index (χ3v) is 3.62. The molecule has 2 aromatic carbocycles. The van der Waals surface area contributed by atoms with Gasteiger partial charge >= 0.3 is 11.9 Å². The van der Waals surface area contributed by atoms with Crippen molar-refractivity contribution >= 4 is 28.4 Å². The highest BCUT2D eigenvalue weighted by molar-refractivity contribution is 6.06. The van der Waals surface area contributed by atoms with Crippen molar-refractivity contribution in [1.29, 1.82) is 10.5 Å². The Morgan fingerprint density at radius 3 is 2.30 bits per heavy atom. The maximum atomic E-state index is 12.3. The third kappa shape index (κ3) is 4.23. The Morgan fingerprint density at radius 1 is 1.00 bits per heavy atom. The summed E-state index contributed by atoms with van der Waals surface area (Å²) in [5, 5.41) is 23.2. The topological polar surface area (TPSA) is 112 Å². The van der Waals surface area contributed by atoms with E-state index in [1.807, 2.05) is 12.1 Å². The minimum absolute atomic E-state index is 0.0412. The lowest BCUT2D eigenvalue weighted by atomic mass is 10.0. The number of anilines is 1. The van der Waals surface area contributed by atoms with Gasteiger partial charge in [-0.3, -0.25) is 0 Å². The van der Waals surface area contributed by atoms with E-state index < -0.39 is 17.5 Å². The summed E-state index contributed by atoms with van der Waals surface area (Å²) in [7, 11) is 0. The molecule has 136 valence electrons. The fourth-order valence-corrected chi connectivity index (χ4v) is 2.46. The number of nitrogens with zero attached hydrogens (tertiary/aromatic N) is 2. The Kier molecular flexibility index (Phi) is 6.51. The Balaban J connectivity index is 2.61. The predicted molar refractivity (Wildman–Crippen MR) is 98.2 cm³/mol. The second kappa shape index (κ2) is 9.02. The monoisotopic (exact) mass is 363 g/mol. The van der Waals surface area contributed by atoms with Crippen LogP contribution in [0.25, 0.3) is 10.8 Å². The maximum Gasteiger partial charge on any atom is 0.356 e. The van der Waals surface area contributed by atoms with Crippen LogP contribution in [0.4, 0.5) is 5.69 Å². The zero-order valence-electron chi connectivity index (χ0n) is 14.9. The number of benzene rings is 2. The molecule has 2 rings (SSSR count). The van der Waals surface area contributed by atoms with Crippen LogP contribution in [0.5, 0.6) is 0 Å². The average molecular weight is 363 g/mol. The molecule has 1 N–H and O–H groups in total. The van der Waals surface area contributed by atoms with E-state index in [-0.39, 0.29) is 30.2 Å². The Labute approximate surface area is 156 Å². The third-order valence-electron chi connectivity index (χ3n) is 3.62. The average Bonchev–Trinajstić information content (AvgIpc) is 2.67. The summed E-state index contributed by atoms with van der Waals surface area (Å²) in [5.41, 5.74) is -0.343. The minimum Gasteiger partial charge on any atom is -0.462 e. The van der Waals surface area contributed by atoms with Crippen LogP contribution in [0.3, 0.4) is 0 Å². The molecule has 0 aliphatic heterocycles. The first-order valence-corrected chi connectivity index (χ1v) is 8.24. The summed E-state index contributed by atoms with van der Waals surface area (Å²) in [5.74, 6) is -1.84. The molecule has 0 atom stereocenters. The quantitative estimate of drug-likeness (QED) is 0.477. The minimum atomic E-state index is -0.949. The molecule has 0 saturated heterocycles. The van der Waals surface area contributed by atoms with E-state index >= 15 is 0 Å². The van der Waals surface area contributed by atoms with E-state index in [0.717, 1.165) is 5.39 Å². The van der Waals surface area contributed by atoms with E-state index in [9.17, 15) is 20.1 Å². The van der Waals surface area contributed by atoms with E-state index in [1.165, 1.54) is 0 Å². The van der Waals surface area contributed by atoms with Crippen molar-refractivity contribution in [3.05, 3.63) is 53.2 Å². The molecule has 0 radical (unpaired) electrons. The number of carbonyl (C=O) groups is 2. The van der Waals surface area contributed by atoms with E-state index in [1.54, 1.807) is 44.2 Å². The van der Waals surface area contributed by atoms with Crippen LogP contribution in [-0.4, -0.2) is 25.2 Å². The van der Waals surface area contributed by atoms with E-state index in [4.69, 9.17) is 9.47 Å². The lowest BCUT2D eigenvalue weighted by molar-refractivity contribution is -0.141. The van der Waals surface area contributed by atoms with Gasteiger partial charge in [-0.15, -0.1) is 0 Å². The van der Waals surface area contributed by atoms with Crippen molar-refractivity contribution in [2.45, 2.75) is 13.8 Å². The van der Waals surface area contributed by atoms with Gasteiger partial charge in [0.15, 0.2) is 11.3 Å². The number of hydrogen-bond donors (Lipinski definition) is 1. The SMILES string of the molecule is CCOC(=O)/C(C#N)=C(\Nc1ccc2ccccc2c1C#N)C(=O)OCC. The molecule has 0 aliphatic carbocycles. The first-order valence-electron chi connectivity index (χ1n) is 8.24. The van der Waals surface area contributed by atoms with E-state index in [2.05, 4.69) is 11.4 Å². The van der Waals surface area contributed by atoms with Gasteiger partial charge in [-0.2, -0.15) is 10.5 Å². The van der Waals surface area contributed by atoms with Crippen molar-refractivity contribution in [2.75, 3.05) is 18.5 Å². The van der Waals surface area contributed by atoms with Gasteiger partial charge in [-0.05, 0) is 25.3 Å². The van der Waals surface area contributed by atoms with Crippen molar-refractivity contribution in [3.8, 4) is 12.1 Å². The number of rotatable bonds is 6. The fourth-order valence-electron chi connectivity index (χ4n) is 2.46. The predicted octanol–water partition coefficient (Wildman–Crippen LogP) is 3.03. The van der Waals surface area contributed by atoms with Crippen molar-refractivity contribution in [3.63, 3.8) is 0 Å². The van der Waals surface area contributed by atoms with Gasteiger partial charge in [0.25, 0.3) is 0 Å². The molecule has 0 fully saturated rings. The normalized spacial score (nSPS) is 11.0. The van der Waals surface area contributed by atoms with Gasteiger partial charge in [-0.25, -0.2) is 9.59 Å². The molecule has 7 heteroatoms. The van der Waals surface area contributed by atoms with Crippen LogP contribution in [0.15, 0.2) is 47.7 Å². The zero-order valence-corrected chi connectivity index (χ0v) is 14.9. The first kappa shape index (κ1) is 19.5. The van der Waals surface area contributed by atoms with Gasteiger partial charge in [0.2, 0.25) is 0 Å². The number of carbonyl (C=O) groups excluding carboxylic acids is 2. The van der Waals surface area contributed by atoms with E-state index in [0.29, 0.717) is 5.39 Å².